The van der Waals surface area contributed by atoms with Crippen molar-refractivity contribution in [1.29, 1.82) is 0 Å². The van der Waals surface area contributed by atoms with Crippen LogP contribution in [-0.4, -0.2) is 99.9 Å². The third kappa shape index (κ3) is 9.41. The summed E-state index contributed by atoms with van der Waals surface area (Å²) < 4.78 is 0. The number of rotatable bonds is 12. The standard InChI is InChI=1S/C30H45N7O5/c1-31-10-4-5-23-29(41)37-25(28(40)35-14-13-34-12-11-32-2)18-22-16-20(7-9-27(22)39)19-6-8-26(38)21(15-19)17-24(33-3)30(42)36-23/h6-9,15-16,23-25,31-34,38-39H,4-5,10-14,17-18H2,1-3H3,(H,35,40)(H,36,42)(H,37,41)/t23-,24-,25-/m0/s1. The molecule has 3 atom stereocenters. The van der Waals surface area contributed by atoms with Crippen molar-refractivity contribution in [2.24, 2.45) is 0 Å². The number of hydrogen-bond donors (Lipinski definition) is 9. The fourth-order valence-electron chi connectivity index (χ4n) is 4.86. The second-order valence-corrected chi connectivity index (χ2v) is 10.4. The molecule has 1 heterocycles. The van der Waals surface area contributed by atoms with E-state index >= 15 is 0 Å². The number of phenols is 2. The molecule has 0 fully saturated rings. The first-order valence-corrected chi connectivity index (χ1v) is 14.5. The lowest BCUT2D eigenvalue weighted by atomic mass is 9.95. The minimum atomic E-state index is -1.000. The summed E-state index contributed by atoms with van der Waals surface area (Å²) in [5.74, 6) is -1.23. The summed E-state index contributed by atoms with van der Waals surface area (Å²) in [6, 6.07) is 7.60. The van der Waals surface area contributed by atoms with Gasteiger partial charge in [-0.25, -0.2) is 0 Å². The molecule has 2 aromatic rings. The summed E-state index contributed by atoms with van der Waals surface area (Å²) >= 11 is 0. The van der Waals surface area contributed by atoms with Crippen LogP contribution in [0.1, 0.15) is 24.0 Å². The highest BCUT2D eigenvalue weighted by atomic mass is 16.3. The Hall–Kier alpha value is -3.71. The maximum absolute atomic E-state index is 13.6. The van der Waals surface area contributed by atoms with Crippen LogP contribution < -0.4 is 37.2 Å². The zero-order valence-electron chi connectivity index (χ0n) is 24.7. The summed E-state index contributed by atoms with van der Waals surface area (Å²) in [7, 11) is 5.32. The molecule has 0 spiro atoms. The first kappa shape index (κ1) is 32.8. The molecular weight excluding hydrogens is 538 g/mol. The van der Waals surface area contributed by atoms with E-state index in [9.17, 15) is 24.6 Å². The summed E-state index contributed by atoms with van der Waals surface area (Å²) in [5.41, 5.74) is 2.57. The van der Waals surface area contributed by atoms with Crippen LogP contribution in [0.3, 0.4) is 0 Å². The fraction of sp³-hybridized carbons (Fsp3) is 0.500. The SMILES string of the molecule is CNCCC[C@@H]1NC(=O)[C@@H](NC)Cc2cc(ccc2O)-c2ccc(O)c(c2)C[C@@H](C(=O)NCCNCCNC)NC1=O. The van der Waals surface area contributed by atoms with Crippen LogP contribution in [0.2, 0.25) is 0 Å². The molecule has 0 saturated heterocycles. The Kier molecular flexibility index (Phi) is 13.0. The largest absolute Gasteiger partial charge is 0.508 e. The highest BCUT2D eigenvalue weighted by molar-refractivity contribution is 5.93. The Morgan fingerprint density at radius 1 is 0.810 bits per heavy atom. The molecule has 3 rings (SSSR count). The van der Waals surface area contributed by atoms with Gasteiger partial charge >= 0.3 is 0 Å². The maximum atomic E-state index is 13.6. The van der Waals surface area contributed by atoms with Crippen molar-refractivity contribution in [3.05, 3.63) is 47.5 Å². The van der Waals surface area contributed by atoms with Gasteiger partial charge in [-0.2, -0.15) is 0 Å². The summed E-state index contributed by atoms with van der Waals surface area (Å²) in [6.07, 6.45) is 1.18. The van der Waals surface area contributed by atoms with Gasteiger partial charge in [0.05, 0.1) is 6.04 Å². The first-order chi connectivity index (χ1) is 20.3. The lowest BCUT2D eigenvalue weighted by Crippen LogP contribution is -2.57. The summed E-state index contributed by atoms with van der Waals surface area (Å²) in [4.78, 5) is 40.3. The van der Waals surface area contributed by atoms with E-state index in [1.165, 1.54) is 0 Å². The summed E-state index contributed by atoms with van der Waals surface area (Å²) in [5, 5.41) is 42.2. The van der Waals surface area contributed by atoms with Gasteiger partial charge < -0.3 is 47.4 Å². The highest BCUT2D eigenvalue weighted by Gasteiger charge is 2.30. The van der Waals surface area contributed by atoms with Crippen LogP contribution in [-0.2, 0) is 27.2 Å². The third-order valence-electron chi connectivity index (χ3n) is 7.34. The van der Waals surface area contributed by atoms with Gasteiger partial charge in [0.2, 0.25) is 17.7 Å². The minimum Gasteiger partial charge on any atom is -0.508 e. The smallest absolute Gasteiger partial charge is 0.243 e. The molecule has 3 amide bonds. The molecule has 230 valence electrons. The second-order valence-electron chi connectivity index (χ2n) is 10.4. The van der Waals surface area contributed by atoms with Crippen LogP contribution in [0.5, 0.6) is 11.5 Å². The number of phenolic OH excluding ortho intramolecular Hbond substituents is 2. The van der Waals surface area contributed by atoms with Crippen LogP contribution in [0.25, 0.3) is 11.1 Å². The van der Waals surface area contributed by atoms with E-state index < -0.39 is 35.8 Å². The number of likely N-dealkylation sites (N-methyl/N-ethyl adjacent to an activating group) is 2. The van der Waals surface area contributed by atoms with Crippen molar-refractivity contribution in [3.63, 3.8) is 0 Å². The quantitative estimate of drug-likeness (QED) is 0.147. The van der Waals surface area contributed by atoms with Gasteiger partial charge in [-0.05, 0) is 87.0 Å². The van der Waals surface area contributed by atoms with E-state index in [1.54, 1.807) is 44.4 Å². The number of hydrogen-bond acceptors (Lipinski definition) is 9. The predicted molar refractivity (Wildman–Crippen MR) is 162 cm³/mol. The summed E-state index contributed by atoms with van der Waals surface area (Å²) in [6.45, 7) is 3.07. The lowest BCUT2D eigenvalue weighted by Gasteiger charge is -2.25. The Bertz CT molecular complexity index is 1210. The van der Waals surface area contributed by atoms with E-state index in [2.05, 4.69) is 37.2 Å². The van der Waals surface area contributed by atoms with E-state index in [0.29, 0.717) is 43.6 Å². The third-order valence-corrected chi connectivity index (χ3v) is 7.34. The number of fused-ring (bicyclic) bond motifs is 5. The molecule has 4 bridgehead atoms. The van der Waals surface area contributed by atoms with Gasteiger partial charge in [-0.15, -0.1) is 0 Å². The normalized spacial score (nSPS) is 19.3. The number of nitrogens with one attached hydrogen (secondary N) is 7. The minimum absolute atomic E-state index is 0.00281. The van der Waals surface area contributed by atoms with Gasteiger partial charge in [0.1, 0.15) is 23.6 Å². The van der Waals surface area contributed by atoms with Crippen molar-refractivity contribution in [1.82, 2.24) is 37.2 Å². The topological polar surface area (TPSA) is 176 Å². The molecule has 0 saturated carbocycles. The number of amides is 3. The molecule has 0 unspecified atom stereocenters. The number of carbonyl (C=O) groups is 3. The predicted octanol–water partition coefficient (Wildman–Crippen LogP) is -0.654. The highest BCUT2D eigenvalue weighted by Crippen LogP contribution is 2.31. The zero-order chi connectivity index (χ0) is 30.5. The van der Waals surface area contributed by atoms with Gasteiger partial charge in [0.15, 0.2) is 0 Å². The molecule has 0 aliphatic carbocycles. The number of carbonyl (C=O) groups excluding carboxylic acids is 3. The van der Waals surface area contributed by atoms with E-state index in [-0.39, 0.29) is 24.3 Å². The van der Waals surface area contributed by atoms with Crippen molar-refractivity contribution < 1.29 is 24.6 Å². The van der Waals surface area contributed by atoms with Gasteiger partial charge in [-0.1, -0.05) is 12.1 Å². The molecule has 2 aromatic carbocycles. The molecule has 9 N–H and O–H groups in total. The molecule has 1 aliphatic rings. The second kappa shape index (κ2) is 16.7. The maximum Gasteiger partial charge on any atom is 0.243 e. The van der Waals surface area contributed by atoms with Crippen molar-refractivity contribution in [2.45, 2.75) is 43.8 Å². The molecule has 1 aliphatic heterocycles. The molecule has 42 heavy (non-hydrogen) atoms. The average Bonchev–Trinajstić information content (AvgIpc) is 2.98. The van der Waals surface area contributed by atoms with E-state index in [0.717, 1.165) is 24.2 Å². The Morgan fingerprint density at radius 3 is 2.05 bits per heavy atom. The Morgan fingerprint density at radius 2 is 1.43 bits per heavy atom. The molecule has 0 aromatic heterocycles. The average molecular weight is 584 g/mol. The van der Waals surface area contributed by atoms with Gasteiger partial charge in [-0.3, -0.25) is 14.4 Å². The van der Waals surface area contributed by atoms with Crippen LogP contribution >= 0.6 is 0 Å². The number of benzene rings is 2. The van der Waals surface area contributed by atoms with E-state index in [4.69, 9.17) is 0 Å². The Labute approximate surface area is 247 Å². The zero-order valence-corrected chi connectivity index (χ0v) is 24.7. The molecule has 12 heteroatoms. The van der Waals surface area contributed by atoms with Gasteiger partial charge in [0.25, 0.3) is 0 Å². The van der Waals surface area contributed by atoms with Crippen molar-refractivity contribution >= 4 is 17.7 Å². The Balaban J connectivity index is 1.98. The molecule has 0 radical (unpaired) electrons. The monoisotopic (exact) mass is 583 g/mol. The fourth-order valence-corrected chi connectivity index (χ4v) is 4.86. The first-order valence-electron chi connectivity index (χ1n) is 14.5. The van der Waals surface area contributed by atoms with Crippen molar-refractivity contribution in [2.75, 3.05) is 53.9 Å². The van der Waals surface area contributed by atoms with E-state index in [1.807, 2.05) is 13.1 Å². The molecular formula is C30H45N7O5. The lowest BCUT2D eigenvalue weighted by molar-refractivity contribution is -0.132. The van der Waals surface area contributed by atoms with Crippen molar-refractivity contribution in [3.8, 4) is 22.6 Å². The van der Waals surface area contributed by atoms with Gasteiger partial charge in [0, 0.05) is 39.0 Å². The van der Waals surface area contributed by atoms with Crippen LogP contribution in [0.4, 0.5) is 0 Å². The van der Waals surface area contributed by atoms with Crippen LogP contribution in [0.15, 0.2) is 36.4 Å². The molecule has 12 nitrogen and oxygen atoms in total. The van der Waals surface area contributed by atoms with Crippen LogP contribution in [0, 0.1) is 0 Å². The number of aromatic hydroxyl groups is 2.